The predicted molar refractivity (Wildman–Crippen MR) is 92.5 cm³/mol. The van der Waals surface area contributed by atoms with E-state index in [0.29, 0.717) is 5.78 Å². The predicted octanol–water partition coefficient (Wildman–Crippen LogP) is 5.69. The van der Waals surface area contributed by atoms with Gasteiger partial charge in [-0.2, -0.15) is 0 Å². The molecule has 0 rings (SSSR count). The second-order valence-electron chi connectivity index (χ2n) is 10.0. The minimum absolute atomic E-state index is 0.155. The first-order valence-electron chi connectivity index (χ1n) is 7.87. The first-order chi connectivity index (χ1) is 8.81. The Morgan fingerprint density at radius 2 is 0.952 bits per heavy atom. The molecule has 126 valence electrons. The molecule has 0 amide bonds. The van der Waals surface area contributed by atoms with E-state index in [1.165, 1.54) is 0 Å². The van der Waals surface area contributed by atoms with Crippen molar-refractivity contribution in [3.8, 4) is 0 Å². The molecular formula is C19H38O2. The minimum atomic E-state index is -0.196. The summed E-state index contributed by atoms with van der Waals surface area (Å²) in [4.78, 5) is 22.6. The van der Waals surface area contributed by atoms with Crippen molar-refractivity contribution in [2.24, 2.45) is 21.7 Å². The second-order valence-corrected chi connectivity index (χ2v) is 10.0. The average Bonchev–Trinajstić information content (AvgIpc) is 2.10. The molecule has 0 saturated heterocycles. The van der Waals surface area contributed by atoms with Gasteiger partial charge in [-0.25, -0.2) is 0 Å². The van der Waals surface area contributed by atoms with Crippen molar-refractivity contribution in [3.63, 3.8) is 0 Å². The van der Waals surface area contributed by atoms with Crippen LogP contribution in [-0.2, 0) is 9.59 Å². The van der Waals surface area contributed by atoms with E-state index in [0.717, 1.165) is 6.42 Å². The number of Topliss-reactive ketones (excluding diaryl/α,β-unsaturated/α-hetero) is 2. The normalized spacial score (nSPS) is 13.3. The summed E-state index contributed by atoms with van der Waals surface area (Å²) < 4.78 is 0. The van der Waals surface area contributed by atoms with E-state index in [4.69, 9.17) is 0 Å². The highest BCUT2D eigenvalue weighted by atomic mass is 16.1. The van der Waals surface area contributed by atoms with Gasteiger partial charge >= 0.3 is 0 Å². The van der Waals surface area contributed by atoms with Gasteiger partial charge in [0.05, 0.1) is 0 Å². The number of ketones is 2. The Labute approximate surface area is 133 Å². The summed E-state index contributed by atoms with van der Waals surface area (Å²) in [6.07, 6.45) is 0.954. The molecule has 0 aromatic rings. The lowest BCUT2D eigenvalue weighted by atomic mass is 9.74. The van der Waals surface area contributed by atoms with E-state index < -0.39 is 0 Å². The van der Waals surface area contributed by atoms with Crippen LogP contribution in [0.5, 0.6) is 0 Å². The molecule has 0 spiro atoms. The topological polar surface area (TPSA) is 34.1 Å². The zero-order valence-corrected chi connectivity index (χ0v) is 16.5. The Hall–Kier alpha value is -0.660. The third-order valence-corrected chi connectivity index (χ3v) is 3.29. The standard InChI is InChI=1S/C10H20O.C9H18O/c1-8(11)10(5,6)7-9(2,3)4;1-8(2,3)7(10)9(4,5)6/h7H2,1-6H3;1-6H3. The van der Waals surface area contributed by atoms with Crippen LogP contribution in [0.2, 0.25) is 0 Å². The van der Waals surface area contributed by atoms with Crippen molar-refractivity contribution in [3.05, 3.63) is 0 Å². The number of hydrogen-bond acceptors (Lipinski definition) is 2. The molecule has 0 heterocycles. The summed E-state index contributed by atoms with van der Waals surface area (Å²) in [5.74, 6) is 0.604. The number of hydrogen-bond donors (Lipinski definition) is 0. The van der Waals surface area contributed by atoms with Crippen LogP contribution in [0.3, 0.4) is 0 Å². The zero-order valence-electron chi connectivity index (χ0n) is 16.5. The average molecular weight is 299 g/mol. The highest BCUT2D eigenvalue weighted by Crippen LogP contribution is 2.33. The summed E-state index contributed by atoms with van der Waals surface area (Å²) in [5, 5.41) is 0. The molecule has 21 heavy (non-hydrogen) atoms. The van der Waals surface area contributed by atoms with Gasteiger partial charge in [-0.1, -0.05) is 76.2 Å². The van der Waals surface area contributed by atoms with Gasteiger partial charge in [0.25, 0.3) is 0 Å². The van der Waals surface area contributed by atoms with Crippen LogP contribution in [0.25, 0.3) is 0 Å². The van der Waals surface area contributed by atoms with E-state index >= 15 is 0 Å². The molecule has 0 bridgehead atoms. The first-order valence-corrected chi connectivity index (χ1v) is 7.87. The van der Waals surface area contributed by atoms with E-state index in [-0.39, 0.29) is 27.4 Å². The molecule has 0 fully saturated rings. The maximum Gasteiger partial charge on any atom is 0.143 e. The Bertz CT molecular complexity index is 338. The molecule has 0 N–H and O–H groups in total. The molecule has 2 heteroatoms. The number of carbonyl (C=O) groups excluding carboxylic acids is 2. The molecule has 0 aliphatic heterocycles. The Kier molecular flexibility index (Phi) is 7.61. The van der Waals surface area contributed by atoms with Gasteiger partial charge in [-0.15, -0.1) is 0 Å². The molecule has 0 radical (unpaired) electrons. The monoisotopic (exact) mass is 298 g/mol. The molecule has 0 aliphatic carbocycles. The van der Waals surface area contributed by atoms with Gasteiger partial charge in [0.15, 0.2) is 0 Å². The highest BCUT2D eigenvalue weighted by Gasteiger charge is 2.31. The van der Waals surface area contributed by atoms with E-state index in [2.05, 4.69) is 20.8 Å². The fourth-order valence-corrected chi connectivity index (χ4v) is 2.58. The Balaban J connectivity index is 0. The maximum atomic E-state index is 11.5. The fourth-order valence-electron chi connectivity index (χ4n) is 2.58. The molecule has 0 aromatic carbocycles. The third kappa shape index (κ3) is 10.7. The molecule has 2 nitrogen and oxygen atoms in total. The van der Waals surface area contributed by atoms with Gasteiger partial charge in [0.2, 0.25) is 0 Å². The summed E-state index contributed by atoms with van der Waals surface area (Å²) >= 11 is 0. The van der Waals surface area contributed by atoms with Gasteiger partial charge < -0.3 is 0 Å². The minimum Gasteiger partial charge on any atom is -0.299 e. The zero-order chi connectivity index (χ0) is 17.9. The molecule has 0 aliphatic rings. The van der Waals surface area contributed by atoms with Gasteiger partial charge in [-0.3, -0.25) is 9.59 Å². The maximum absolute atomic E-state index is 11.5. The highest BCUT2D eigenvalue weighted by molar-refractivity contribution is 5.88. The molecule has 0 atom stereocenters. The van der Waals surface area contributed by atoms with E-state index in [1.807, 2.05) is 55.4 Å². The summed E-state index contributed by atoms with van der Waals surface area (Å²) in [7, 11) is 0. The smallest absolute Gasteiger partial charge is 0.143 e. The van der Waals surface area contributed by atoms with Crippen LogP contribution in [0, 0.1) is 21.7 Å². The van der Waals surface area contributed by atoms with Crippen molar-refractivity contribution in [1.29, 1.82) is 0 Å². The van der Waals surface area contributed by atoms with Crippen molar-refractivity contribution in [1.82, 2.24) is 0 Å². The van der Waals surface area contributed by atoms with Crippen molar-refractivity contribution >= 4 is 11.6 Å². The largest absolute Gasteiger partial charge is 0.299 e. The van der Waals surface area contributed by atoms with Gasteiger partial charge in [-0.05, 0) is 18.8 Å². The van der Waals surface area contributed by atoms with Crippen molar-refractivity contribution in [2.75, 3.05) is 0 Å². The lowest BCUT2D eigenvalue weighted by Gasteiger charge is -2.29. The van der Waals surface area contributed by atoms with Gasteiger partial charge in [0, 0.05) is 16.2 Å². The fraction of sp³-hybridized carbons (Fsp3) is 0.895. The van der Waals surface area contributed by atoms with Crippen LogP contribution in [0.4, 0.5) is 0 Å². The SMILES string of the molecule is CC(=O)C(C)(C)CC(C)(C)C.CC(C)(C)C(=O)C(C)(C)C. The van der Waals surface area contributed by atoms with Crippen LogP contribution < -0.4 is 0 Å². The molecule has 0 unspecified atom stereocenters. The lowest BCUT2D eigenvalue weighted by Crippen LogP contribution is -2.32. The van der Waals surface area contributed by atoms with Crippen LogP contribution in [0.15, 0.2) is 0 Å². The van der Waals surface area contributed by atoms with E-state index in [1.54, 1.807) is 6.92 Å². The van der Waals surface area contributed by atoms with Crippen LogP contribution in [0.1, 0.15) is 89.5 Å². The summed E-state index contributed by atoms with van der Waals surface area (Å²) in [6, 6.07) is 0. The summed E-state index contributed by atoms with van der Waals surface area (Å²) in [5.41, 5.74) is -0.302. The van der Waals surface area contributed by atoms with E-state index in [9.17, 15) is 9.59 Å². The number of rotatable bonds is 2. The lowest BCUT2D eigenvalue weighted by molar-refractivity contribution is -0.134. The Morgan fingerprint density at radius 1 is 0.667 bits per heavy atom. The van der Waals surface area contributed by atoms with Crippen LogP contribution >= 0.6 is 0 Å². The van der Waals surface area contributed by atoms with Crippen LogP contribution in [-0.4, -0.2) is 11.6 Å². The molecule has 0 saturated carbocycles. The Morgan fingerprint density at radius 3 is 1.00 bits per heavy atom. The van der Waals surface area contributed by atoms with Crippen molar-refractivity contribution < 1.29 is 9.59 Å². The molecule has 0 aromatic heterocycles. The quantitative estimate of drug-likeness (QED) is 0.656. The van der Waals surface area contributed by atoms with Crippen molar-refractivity contribution in [2.45, 2.75) is 89.5 Å². The third-order valence-electron chi connectivity index (χ3n) is 3.29. The first kappa shape index (κ1) is 22.6. The van der Waals surface area contributed by atoms with Gasteiger partial charge in [0.1, 0.15) is 11.6 Å². The summed E-state index contributed by atoms with van der Waals surface area (Å²) in [6.45, 7) is 23.9. The number of carbonyl (C=O) groups is 2. The molecular weight excluding hydrogens is 260 g/mol. The second kappa shape index (κ2) is 7.07.